The van der Waals surface area contributed by atoms with Crippen LogP contribution in [-0.4, -0.2) is 121 Å². The number of nitrogens with one attached hydrogen (secondary N) is 6. The van der Waals surface area contributed by atoms with Gasteiger partial charge < -0.3 is 41.6 Å². The molecule has 5 aromatic rings. The Morgan fingerprint density at radius 2 is 1.51 bits per heavy atom. The van der Waals surface area contributed by atoms with Crippen LogP contribution in [0.1, 0.15) is 161 Å². The molecule has 19 heteroatoms. The highest BCUT2D eigenvalue weighted by Gasteiger charge is 2.53. The van der Waals surface area contributed by atoms with Crippen LogP contribution in [0.4, 0.5) is 10.1 Å². The van der Waals surface area contributed by atoms with E-state index in [4.69, 9.17) is 4.98 Å². The second-order valence-electron chi connectivity index (χ2n) is 22.6. The number of nitrogens with zero attached hydrogens (tertiary/aromatic N) is 4. The molecule has 418 valence electrons. The summed E-state index contributed by atoms with van der Waals surface area (Å²) in [5.74, 6) is -1.76. The molecule has 8 rings (SSSR count). The first kappa shape index (κ1) is 57.6. The average Bonchev–Trinajstić information content (AvgIpc) is 3.84. The van der Waals surface area contributed by atoms with Crippen molar-refractivity contribution in [1.29, 1.82) is 0 Å². The molecule has 1 saturated carbocycles. The molecule has 0 spiro atoms. The maximum atomic E-state index is 14.7. The van der Waals surface area contributed by atoms with Gasteiger partial charge in [-0.3, -0.25) is 33.7 Å². The number of thiazole rings is 1. The van der Waals surface area contributed by atoms with Crippen molar-refractivity contribution in [1.82, 2.24) is 46.0 Å². The Labute approximate surface area is 460 Å². The quantitative estimate of drug-likeness (QED) is 0.0276. The number of benzene rings is 3. The van der Waals surface area contributed by atoms with Crippen LogP contribution in [0.3, 0.4) is 0 Å². The number of halogens is 1. The first-order chi connectivity index (χ1) is 37.3. The van der Waals surface area contributed by atoms with Gasteiger partial charge in [0.25, 0.3) is 17.7 Å². The molecule has 17 nitrogen and oxygen atoms in total. The summed E-state index contributed by atoms with van der Waals surface area (Å²) in [5, 5.41) is 25.3. The molecule has 2 aliphatic heterocycles. The Balaban J connectivity index is 0.725. The number of amides is 6. The predicted octanol–water partition coefficient (Wildman–Crippen LogP) is 8.44. The summed E-state index contributed by atoms with van der Waals surface area (Å²) in [6, 6.07) is 17.4. The summed E-state index contributed by atoms with van der Waals surface area (Å²) in [6.45, 7) is 12.2. The molecule has 3 fully saturated rings. The Morgan fingerprint density at radius 1 is 0.859 bits per heavy atom. The number of unbranched alkanes of at least 4 members (excludes halogenated alkanes) is 7. The van der Waals surface area contributed by atoms with Crippen molar-refractivity contribution in [3.05, 3.63) is 100 Å². The van der Waals surface area contributed by atoms with Gasteiger partial charge in [-0.25, -0.2) is 14.4 Å². The molecule has 0 unspecified atom stereocenters. The minimum Gasteiger partial charge on any atom is -0.391 e. The molecule has 3 aromatic carbocycles. The van der Waals surface area contributed by atoms with Crippen LogP contribution in [0.2, 0.25) is 0 Å². The van der Waals surface area contributed by atoms with E-state index in [2.05, 4.69) is 48.4 Å². The van der Waals surface area contributed by atoms with E-state index in [1.807, 2.05) is 49.4 Å². The Hall–Kier alpha value is -6.57. The molecule has 2 aromatic heterocycles. The Kier molecular flexibility index (Phi) is 19.1. The minimum absolute atomic E-state index is 0.0383. The van der Waals surface area contributed by atoms with Crippen molar-refractivity contribution in [2.75, 3.05) is 31.5 Å². The molecule has 0 bridgehead atoms. The largest absolute Gasteiger partial charge is 0.391 e. The second kappa shape index (κ2) is 25.9. The van der Waals surface area contributed by atoms with Crippen molar-refractivity contribution in [3.63, 3.8) is 0 Å². The van der Waals surface area contributed by atoms with E-state index in [0.29, 0.717) is 41.5 Å². The van der Waals surface area contributed by atoms with Crippen molar-refractivity contribution in [3.8, 4) is 10.4 Å². The molecule has 1 aliphatic carbocycles. The van der Waals surface area contributed by atoms with Gasteiger partial charge in [-0.1, -0.05) is 83.6 Å². The highest BCUT2D eigenvalue weighted by Crippen LogP contribution is 2.41. The fraction of sp³-hybridized carbons (Fsp3) is 0.525. The number of aliphatic hydroxyl groups is 1. The van der Waals surface area contributed by atoms with E-state index in [0.717, 1.165) is 97.4 Å². The fourth-order valence-electron chi connectivity index (χ4n) is 10.4. The van der Waals surface area contributed by atoms with E-state index in [-0.39, 0.29) is 49.9 Å². The third-order valence-corrected chi connectivity index (χ3v) is 16.3. The lowest BCUT2D eigenvalue weighted by atomic mass is 9.85. The minimum atomic E-state index is -2.00. The first-order valence-corrected chi connectivity index (χ1v) is 28.7. The summed E-state index contributed by atoms with van der Waals surface area (Å²) in [5.41, 5.74) is 4.81. The van der Waals surface area contributed by atoms with Gasteiger partial charge in [0.2, 0.25) is 17.7 Å². The number of fused-ring (bicyclic) bond motifs is 1. The SMILES string of the molecule is Cc1ncsc1-c1ccc([C@H](CC(=O)NCCCCCCCCCCNC(=O)c2ccc(C(=O)Nc3ccc4nc(CN5CCC[C@@H]5C)[nH]c4c3)cc2)NC(=O)[C@@H]2C[C@@H](O)CN2C(=O)[C@@H](NC(=O)C2(F)CC2)C(C)(C)C)cc1. The summed E-state index contributed by atoms with van der Waals surface area (Å²) < 4.78 is 14.7. The molecule has 3 aliphatic rings. The molecule has 7 N–H and O–H groups in total. The van der Waals surface area contributed by atoms with Gasteiger partial charge in [0, 0.05) is 48.9 Å². The molecule has 5 atom stereocenters. The van der Waals surface area contributed by atoms with Crippen LogP contribution in [0.5, 0.6) is 0 Å². The number of carbonyl (C=O) groups excluding carboxylic acids is 6. The lowest BCUT2D eigenvalue weighted by Gasteiger charge is -2.36. The van der Waals surface area contributed by atoms with Crippen molar-refractivity contribution < 1.29 is 38.3 Å². The Morgan fingerprint density at radius 3 is 2.13 bits per heavy atom. The van der Waals surface area contributed by atoms with Gasteiger partial charge in [-0.15, -0.1) is 11.3 Å². The number of H-pyrrole nitrogens is 1. The highest BCUT2D eigenvalue weighted by atomic mass is 32.1. The highest BCUT2D eigenvalue weighted by molar-refractivity contribution is 7.13. The monoisotopic (exact) mass is 1090 g/mol. The number of rotatable bonds is 25. The third-order valence-electron chi connectivity index (χ3n) is 15.3. The van der Waals surface area contributed by atoms with Crippen LogP contribution in [-0.2, 0) is 25.7 Å². The van der Waals surface area contributed by atoms with Gasteiger partial charge >= 0.3 is 0 Å². The summed E-state index contributed by atoms with van der Waals surface area (Å²) in [4.78, 5) is 97.7. The van der Waals surface area contributed by atoms with Crippen LogP contribution >= 0.6 is 11.3 Å². The number of carbonyl (C=O) groups is 6. The average molecular weight is 1090 g/mol. The van der Waals surface area contributed by atoms with E-state index in [1.54, 1.807) is 50.5 Å². The molecule has 4 heterocycles. The van der Waals surface area contributed by atoms with Gasteiger partial charge in [-0.2, -0.15) is 0 Å². The molecule has 6 amide bonds. The number of hydrogen-bond donors (Lipinski definition) is 7. The smallest absolute Gasteiger partial charge is 0.258 e. The lowest BCUT2D eigenvalue weighted by Crippen LogP contribution is -2.59. The maximum absolute atomic E-state index is 14.7. The topological polar surface area (TPSA) is 231 Å². The molecule has 0 radical (unpaired) electrons. The zero-order valence-corrected chi connectivity index (χ0v) is 46.5. The fourth-order valence-corrected chi connectivity index (χ4v) is 11.2. The van der Waals surface area contributed by atoms with Crippen molar-refractivity contribution >= 4 is 63.5 Å². The third kappa shape index (κ3) is 15.2. The number of β-amino-alcohol motifs (C(OH)–C–C–N with tert-alkyl or cyclic N) is 1. The number of aromatic amines is 1. The lowest BCUT2D eigenvalue weighted by molar-refractivity contribution is -0.145. The number of anilines is 1. The summed E-state index contributed by atoms with van der Waals surface area (Å²) >= 11 is 1.52. The van der Waals surface area contributed by atoms with E-state index in [9.17, 15) is 38.3 Å². The van der Waals surface area contributed by atoms with Crippen molar-refractivity contribution in [2.24, 2.45) is 5.41 Å². The van der Waals surface area contributed by atoms with Crippen molar-refractivity contribution in [2.45, 2.75) is 167 Å². The van der Waals surface area contributed by atoms with Crippen LogP contribution in [0, 0.1) is 12.3 Å². The normalized spacial score (nSPS) is 18.8. The maximum Gasteiger partial charge on any atom is 0.258 e. The summed E-state index contributed by atoms with van der Waals surface area (Å²) in [6.07, 6.45) is 9.21. The Bertz CT molecular complexity index is 2900. The van der Waals surface area contributed by atoms with Crippen LogP contribution < -0.4 is 26.6 Å². The number of aliphatic hydroxyl groups excluding tert-OH is 1. The van der Waals surface area contributed by atoms with E-state index >= 15 is 0 Å². The molecule has 2 saturated heterocycles. The number of hydrogen-bond acceptors (Lipinski definition) is 11. The number of likely N-dealkylation sites (tertiary alicyclic amines) is 2. The number of aromatic nitrogens is 3. The number of alkyl halides is 1. The van der Waals surface area contributed by atoms with Gasteiger partial charge in [0.05, 0.1) is 52.2 Å². The zero-order chi connectivity index (χ0) is 55.6. The van der Waals surface area contributed by atoms with E-state index in [1.165, 1.54) is 29.1 Å². The van der Waals surface area contributed by atoms with E-state index < -0.39 is 53.0 Å². The van der Waals surface area contributed by atoms with Gasteiger partial charge in [0.15, 0.2) is 5.67 Å². The summed E-state index contributed by atoms with van der Waals surface area (Å²) in [7, 11) is 0. The zero-order valence-electron chi connectivity index (χ0n) is 45.7. The molecular formula is C59H77FN10O7S. The number of imidazole rings is 1. The number of aryl methyl sites for hydroxylation is 1. The molecule has 78 heavy (non-hydrogen) atoms. The van der Waals surface area contributed by atoms with Crippen LogP contribution in [0.15, 0.2) is 72.2 Å². The van der Waals surface area contributed by atoms with Crippen LogP contribution in [0.25, 0.3) is 21.5 Å². The first-order valence-electron chi connectivity index (χ1n) is 27.8. The van der Waals surface area contributed by atoms with Gasteiger partial charge in [-0.05, 0) is 118 Å². The standard InChI is InChI=1S/C59H77FN10O7S/c1-37-15-14-30-69(37)35-49-65-45-25-24-43(31-47(45)66-49)64-54(74)42-22-20-41(21-23-42)53(73)62-29-13-11-9-7-6-8-10-12-28-61-50(72)33-46(39-16-18-40(19-17-39)51-38(2)63-36-78-51)67-55(75)48-32-44(71)34-70(48)56(76)52(58(3,4)5)68-57(77)59(60)26-27-59/h16-25,31,36-37,44,46,48,52,71H,6-15,26-30,32-35H2,1-5H3,(H,61,72)(H,62,73)(H,64,74)(H,65,66)(H,67,75)(H,68,77)/t37-,44+,46-,48-,52+/m0/s1. The second-order valence-corrected chi connectivity index (χ2v) is 23.5. The predicted molar refractivity (Wildman–Crippen MR) is 300 cm³/mol. The molecular weight excluding hydrogens is 1010 g/mol. The van der Waals surface area contributed by atoms with Gasteiger partial charge in [0.1, 0.15) is 17.9 Å².